The monoisotopic (exact) mass is 682 g/mol. The van der Waals surface area contributed by atoms with E-state index in [1.54, 1.807) is 0 Å². The summed E-state index contributed by atoms with van der Waals surface area (Å²) >= 11 is 3.84. The van der Waals surface area contributed by atoms with Gasteiger partial charge < -0.3 is 4.42 Å². The number of hydrogen-bond donors (Lipinski definition) is 0. The molecule has 0 unspecified atom stereocenters. The molecule has 0 saturated carbocycles. The van der Waals surface area contributed by atoms with Gasteiger partial charge in [-0.3, -0.25) is 0 Å². The largest absolute Gasteiger partial charge is 0.456 e. The maximum Gasteiger partial charge on any atom is 0.136 e. The minimum atomic E-state index is 0.918. The van der Waals surface area contributed by atoms with E-state index in [0.717, 1.165) is 16.6 Å². The Morgan fingerprint density at radius 1 is 0.353 bits per heavy atom. The fourth-order valence-electron chi connectivity index (χ4n) is 8.72. The summed E-state index contributed by atoms with van der Waals surface area (Å²) < 4.78 is 11.8. The molecule has 0 aliphatic heterocycles. The fourth-order valence-corrected chi connectivity index (χ4v) is 11.2. The number of thiophene rings is 2. The van der Waals surface area contributed by atoms with E-state index in [1.165, 1.54) is 100 Å². The first-order valence-corrected chi connectivity index (χ1v) is 19.0. The van der Waals surface area contributed by atoms with E-state index < -0.39 is 0 Å². The van der Waals surface area contributed by atoms with Crippen LogP contribution in [0.3, 0.4) is 0 Å². The van der Waals surface area contributed by atoms with Crippen molar-refractivity contribution in [3.63, 3.8) is 0 Å². The molecule has 0 fully saturated rings. The SMILES string of the molecule is c1ccc2c(c1)ccc1sc3ccc4c5ccc(-c6c7ccccc7c(-c7cccc8oc9ccccc9c78)c7ccccc67)cc5sc4c3c12. The topological polar surface area (TPSA) is 13.1 Å². The second-order valence-corrected chi connectivity index (χ2v) is 15.6. The van der Waals surface area contributed by atoms with E-state index in [4.69, 9.17) is 4.42 Å². The Kier molecular flexibility index (Phi) is 5.59. The standard InChI is InChI=1S/C48H26OS2/c1-2-11-29-27(10-1)21-24-40-46(29)47-41(50-40)25-23-35-30-22-20-28(26-42(30)51-48(35)47)43-31-12-3-5-14-33(31)44(34-15-6-4-13-32(34)43)37-17-9-19-39-45(37)36-16-7-8-18-38(36)49-39/h1-26H. The van der Waals surface area contributed by atoms with Gasteiger partial charge in [-0.1, -0.05) is 127 Å². The summed E-state index contributed by atoms with van der Waals surface area (Å²) in [7, 11) is 0. The Hall–Kier alpha value is -6.00. The first kappa shape index (κ1) is 27.8. The summed E-state index contributed by atoms with van der Waals surface area (Å²) in [6.07, 6.45) is 0. The van der Waals surface area contributed by atoms with Gasteiger partial charge >= 0.3 is 0 Å². The van der Waals surface area contributed by atoms with Crippen LogP contribution in [-0.4, -0.2) is 0 Å². The van der Waals surface area contributed by atoms with Crippen LogP contribution >= 0.6 is 22.7 Å². The Bertz CT molecular complexity index is 3370. The number of fused-ring (bicyclic) bond motifs is 14. The van der Waals surface area contributed by atoms with Crippen LogP contribution in [0.4, 0.5) is 0 Å². The smallest absolute Gasteiger partial charge is 0.136 e. The third-order valence-electron chi connectivity index (χ3n) is 10.9. The molecule has 236 valence electrons. The van der Waals surface area contributed by atoms with Crippen LogP contribution in [0.25, 0.3) is 117 Å². The summed E-state index contributed by atoms with van der Waals surface area (Å²) in [5.74, 6) is 0. The van der Waals surface area contributed by atoms with E-state index in [-0.39, 0.29) is 0 Å². The molecule has 0 N–H and O–H groups in total. The molecule has 3 heterocycles. The molecule has 0 aliphatic rings. The second-order valence-electron chi connectivity index (χ2n) is 13.5. The molecule has 0 aliphatic carbocycles. The molecule has 12 rings (SSSR count). The van der Waals surface area contributed by atoms with Crippen LogP contribution in [0, 0.1) is 0 Å². The molecule has 0 bridgehead atoms. The average Bonchev–Trinajstić information content (AvgIpc) is 3.88. The van der Waals surface area contributed by atoms with Crippen LogP contribution in [0.15, 0.2) is 162 Å². The molecule has 0 saturated heterocycles. The molecule has 1 nitrogen and oxygen atoms in total. The lowest BCUT2D eigenvalue weighted by molar-refractivity contribution is 0.669. The van der Waals surface area contributed by atoms with Crippen molar-refractivity contribution in [2.45, 2.75) is 0 Å². The lowest BCUT2D eigenvalue weighted by Crippen LogP contribution is -1.91. The molecular formula is C48H26OS2. The van der Waals surface area contributed by atoms with Gasteiger partial charge in [-0.25, -0.2) is 0 Å². The van der Waals surface area contributed by atoms with E-state index in [1.807, 2.05) is 28.7 Å². The minimum Gasteiger partial charge on any atom is -0.456 e. The van der Waals surface area contributed by atoms with Gasteiger partial charge in [0, 0.05) is 51.1 Å². The lowest BCUT2D eigenvalue weighted by atomic mass is 9.85. The number of hydrogen-bond acceptors (Lipinski definition) is 3. The highest BCUT2D eigenvalue weighted by atomic mass is 32.1. The van der Waals surface area contributed by atoms with Crippen molar-refractivity contribution in [3.8, 4) is 22.3 Å². The van der Waals surface area contributed by atoms with Gasteiger partial charge in [0.25, 0.3) is 0 Å². The normalized spacial score (nSPS) is 12.3. The molecule has 0 atom stereocenters. The quantitative estimate of drug-likeness (QED) is 0.165. The summed E-state index contributed by atoms with van der Waals surface area (Å²) in [5.41, 5.74) is 6.83. The molecule has 0 spiro atoms. The highest BCUT2D eigenvalue weighted by Crippen LogP contribution is 2.50. The summed E-state index contributed by atoms with van der Waals surface area (Å²) in [4.78, 5) is 0. The van der Waals surface area contributed by atoms with Crippen molar-refractivity contribution >= 4 is 117 Å². The molecule has 0 radical (unpaired) electrons. The third kappa shape index (κ3) is 3.80. The second kappa shape index (κ2) is 10.3. The summed E-state index contributed by atoms with van der Waals surface area (Å²) in [6.45, 7) is 0. The van der Waals surface area contributed by atoms with Gasteiger partial charge in [0.15, 0.2) is 0 Å². The van der Waals surface area contributed by atoms with Gasteiger partial charge in [-0.15, -0.1) is 22.7 Å². The zero-order valence-electron chi connectivity index (χ0n) is 27.2. The van der Waals surface area contributed by atoms with Crippen molar-refractivity contribution in [1.82, 2.24) is 0 Å². The maximum atomic E-state index is 6.37. The van der Waals surface area contributed by atoms with E-state index in [9.17, 15) is 0 Å². The number of furan rings is 1. The predicted molar refractivity (Wildman–Crippen MR) is 223 cm³/mol. The number of benzene rings is 9. The summed E-state index contributed by atoms with van der Waals surface area (Å²) in [5, 5.41) is 15.4. The molecular weight excluding hydrogens is 657 g/mol. The van der Waals surface area contributed by atoms with Crippen molar-refractivity contribution in [1.29, 1.82) is 0 Å². The van der Waals surface area contributed by atoms with Crippen LogP contribution in [0.1, 0.15) is 0 Å². The average molecular weight is 683 g/mol. The zero-order valence-corrected chi connectivity index (χ0v) is 28.9. The van der Waals surface area contributed by atoms with Crippen LogP contribution in [-0.2, 0) is 0 Å². The van der Waals surface area contributed by atoms with E-state index in [0.29, 0.717) is 0 Å². The van der Waals surface area contributed by atoms with Crippen LogP contribution in [0.5, 0.6) is 0 Å². The Morgan fingerprint density at radius 3 is 1.78 bits per heavy atom. The van der Waals surface area contributed by atoms with Gasteiger partial charge in [-0.05, 0) is 84.9 Å². The highest BCUT2D eigenvalue weighted by Gasteiger charge is 2.21. The molecule has 9 aromatic carbocycles. The fraction of sp³-hybridized carbons (Fsp3) is 0. The molecule has 12 aromatic rings. The molecule has 3 heteroatoms. The highest BCUT2D eigenvalue weighted by molar-refractivity contribution is 7.30. The first-order chi connectivity index (χ1) is 25.3. The van der Waals surface area contributed by atoms with Crippen molar-refractivity contribution in [3.05, 3.63) is 158 Å². The molecule has 51 heavy (non-hydrogen) atoms. The maximum absolute atomic E-state index is 6.37. The van der Waals surface area contributed by atoms with Gasteiger partial charge in [0.05, 0.1) is 0 Å². The van der Waals surface area contributed by atoms with Gasteiger partial charge in [0.1, 0.15) is 11.2 Å². The van der Waals surface area contributed by atoms with Crippen LogP contribution in [0.2, 0.25) is 0 Å². The first-order valence-electron chi connectivity index (χ1n) is 17.3. The van der Waals surface area contributed by atoms with Crippen molar-refractivity contribution < 1.29 is 4.42 Å². The van der Waals surface area contributed by atoms with E-state index >= 15 is 0 Å². The van der Waals surface area contributed by atoms with Crippen molar-refractivity contribution in [2.75, 3.05) is 0 Å². The lowest BCUT2D eigenvalue weighted by Gasteiger charge is -2.18. The minimum absolute atomic E-state index is 0.918. The van der Waals surface area contributed by atoms with Gasteiger partial charge in [0.2, 0.25) is 0 Å². The Balaban J connectivity index is 1.15. The Morgan fingerprint density at radius 2 is 0.980 bits per heavy atom. The Labute approximate surface area is 300 Å². The summed E-state index contributed by atoms with van der Waals surface area (Å²) in [6, 6.07) is 58.0. The van der Waals surface area contributed by atoms with Crippen LogP contribution < -0.4 is 0 Å². The number of para-hydroxylation sites is 1. The van der Waals surface area contributed by atoms with Gasteiger partial charge in [-0.2, -0.15) is 0 Å². The third-order valence-corrected chi connectivity index (χ3v) is 13.2. The molecule has 0 amide bonds. The van der Waals surface area contributed by atoms with Crippen molar-refractivity contribution in [2.24, 2.45) is 0 Å². The number of rotatable bonds is 2. The predicted octanol–water partition coefficient (Wildman–Crippen LogP) is 15.1. The van der Waals surface area contributed by atoms with E-state index in [2.05, 4.69) is 152 Å². The zero-order chi connectivity index (χ0) is 33.2. The molecule has 3 aromatic heterocycles.